The molecule has 0 spiro atoms. The third kappa shape index (κ3) is 2.65. The lowest BCUT2D eigenvalue weighted by Crippen LogP contribution is -2.35. The van der Waals surface area contributed by atoms with E-state index >= 15 is 0 Å². The van der Waals surface area contributed by atoms with Gasteiger partial charge >= 0.3 is 5.97 Å². The summed E-state index contributed by atoms with van der Waals surface area (Å²) in [5.41, 5.74) is 0.0929. The molecule has 1 aliphatic rings. The Morgan fingerprint density at radius 3 is 2.83 bits per heavy atom. The molecule has 1 aromatic carbocycles. The molecule has 2 atom stereocenters. The Bertz CT molecular complexity index is 467. The molecule has 1 saturated heterocycles. The number of aliphatic hydroxyl groups excluding tert-OH is 1. The Hall–Kier alpha value is -1.53. The van der Waals surface area contributed by atoms with Crippen molar-refractivity contribution < 1.29 is 23.8 Å². The zero-order valence-electron chi connectivity index (χ0n) is 9.51. The van der Waals surface area contributed by atoms with Gasteiger partial charge < -0.3 is 10.2 Å². The smallest absolute Gasteiger partial charge is 0.321 e. The number of benzene rings is 1. The normalized spacial score (nSPS) is 24.4. The van der Waals surface area contributed by atoms with Crippen molar-refractivity contribution in [2.24, 2.45) is 0 Å². The molecule has 2 N–H and O–H groups in total. The zero-order chi connectivity index (χ0) is 13.3. The van der Waals surface area contributed by atoms with Gasteiger partial charge in [-0.25, -0.2) is 8.78 Å². The van der Waals surface area contributed by atoms with Gasteiger partial charge in [-0.2, -0.15) is 0 Å². The van der Waals surface area contributed by atoms with Crippen LogP contribution in [-0.4, -0.2) is 39.8 Å². The molecule has 98 valence electrons. The average Bonchev–Trinajstić information content (AvgIpc) is 2.65. The van der Waals surface area contributed by atoms with Crippen LogP contribution in [0, 0.1) is 11.6 Å². The first-order valence-corrected chi connectivity index (χ1v) is 5.56. The third-order valence-electron chi connectivity index (χ3n) is 3.05. The lowest BCUT2D eigenvalue weighted by molar-refractivity contribution is -0.142. The number of aliphatic carboxylic acids is 1. The van der Waals surface area contributed by atoms with Crippen molar-refractivity contribution >= 4 is 5.97 Å². The molecule has 1 aliphatic heterocycles. The molecule has 0 amide bonds. The number of nitrogens with zero attached hydrogens (tertiary/aromatic N) is 1. The van der Waals surface area contributed by atoms with Crippen LogP contribution >= 0.6 is 0 Å². The highest BCUT2D eigenvalue weighted by molar-refractivity contribution is 5.74. The third-order valence-corrected chi connectivity index (χ3v) is 3.05. The van der Waals surface area contributed by atoms with Crippen LogP contribution in [0.15, 0.2) is 18.2 Å². The van der Waals surface area contributed by atoms with Crippen LogP contribution in [0.5, 0.6) is 0 Å². The second-order valence-corrected chi connectivity index (χ2v) is 4.41. The molecule has 0 saturated carbocycles. The van der Waals surface area contributed by atoms with Crippen molar-refractivity contribution in [3.05, 3.63) is 35.4 Å². The van der Waals surface area contributed by atoms with E-state index in [0.717, 1.165) is 18.2 Å². The predicted molar refractivity (Wildman–Crippen MR) is 58.8 cm³/mol. The number of aliphatic hydroxyl groups is 1. The van der Waals surface area contributed by atoms with Crippen molar-refractivity contribution in [1.82, 2.24) is 4.90 Å². The number of carbonyl (C=O) groups is 1. The van der Waals surface area contributed by atoms with Gasteiger partial charge in [0.2, 0.25) is 0 Å². The van der Waals surface area contributed by atoms with E-state index in [2.05, 4.69) is 0 Å². The molecule has 0 bridgehead atoms. The van der Waals surface area contributed by atoms with Crippen LogP contribution in [0.1, 0.15) is 12.0 Å². The molecule has 0 aromatic heterocycles. The highest BCUT2D eigenvalue weighted by atomic mass is 19.1. The summed E-state index contributed by atoms with van der Waals surface area (Å²) in [6.45, 7) is 0.116. The van der Waals surface area contributed by atoms with Crippen LogP contribution in [0.3, 0.4) is 0 Å². The second kappa shape index (κ2) is 4.99. The maximum atomic E-state index is 13.4. The van der Waals surface area contributed by atoms with E-state index in [1.54, 1.807) is 0 Å². The number of hydrogen-bond donors (Lipinski definition) is 2. The van der Waals surface area contributed by atoms with E-state index in [1.165, 1.54) is 4.90 Å². The molecule has 4 nitrogen and oxygen atoms in total. The molecule has 0 unspecified atom stereocenters. The summed E-state index contributed by atoms with van der Waals surface area (Å²) in [7, 11) is 0. The van der Waals surface area contributed by atoms with Gasteiger partial charge in [-0.3, -0.25) is 9.69 Å². The molecule has 1 fully saturated rings. The minimum atomic E-state index is -1.07. The number of likely N-dealkylation sites (tertiary alicyclic amines) is 1. The SMILES string of the molecule is O=C(O)[C@H]1C[C@H](O)CN1Cc1cc(F)ccc1F. The molecular weight excluding hydrogens is 244 g/mol. The highest BCUT2D eigenvalue weighted by Crippen LogP contribution is 2.22. The second-order valence-electron chi connectivity index (χ2n) is 4.41. The van der Waals surface area contributed by atoms with Gasteiger partial charge in [0.25, 0.3) is 0 Å². The van der Waals surface area contributed by atoms with Gasteiger partial charge in [-0.05, 0) is 18.2 Å². The summed E-state index contributed by atoms with van der Waals surface area (Å²) in [5.74, 6) is -2.22. The topological polar surface area (TPSA) is 60.8 Å². The van der Waals surface area contributed by atoms with E-state index < -0.39 is 29.7 Å². The first kappa shape index (κ1) is 12.9. The van der Waals surface area contributed by atoms with E-state index in [-0.39, 0.29) is 25.1 Å². The zero-order valence-corrected chi connectivity index (χ0v) is 9.51. The van der Waals surface area contributed by atoms with Crippen LogP contribution in [0.2, 0.25) is 0 Å². The van der Waals surface area contributed by atoms with Gasteiger partial charge in [0.05, 0.1) is 6.10 Å². The molecule has 0 aliphatic carbocycles. The number of rotatable bonds is 3. The first-order valence-electron chi connectivity index (χ1n) is 5.56. The van der Waals surface area contributed by atoms with Crippen LogP contribution < -0.4 is 0 Å². The fraction of sp³-hybridized carbons (Fsp3) is 0.417. The molecule has 1 heterocycles. The number of carboxylic acid groups (broad SMARTS) is 1. The molecule has 1 aromatic rings. The predicted octanol–water partition coefficient (Wildman–Crippen LogP) is 0.985. The number of β-amino-alcohol motifs (C(OH)–C–C–N with tert-alkyl or cyclic N) is 1. The summed E-state index contributed by atoms with van der Waals surface area (Å²) in [5, 5.41) is 18.4. The minimum Gasteiger partial charge on any atom is -0.480 e. The highest BCUT2D eigenvalue weighted by Gasteiger charge is 2.36. The molecule has 18 heavy (non-hydrogen) atoms. The fourth-order valence-electron chi connectivity index (χ4n) is 2.19. The molecular formula is C12H13F2NO3. The van der Waals surface area contributed by atoms with Crippen LogP contribution in [0.25, 0.3) is 0 Å². The summed E-state index contributed by atoms with van der Waals surface area (Å²) in [6, 6.07) is 2.20. The van der Waals surface area contributed by atoms with Gasteiger partial charge in [0, 0.05) is 25.1 Å². The van der Waals surface area contributed by atoms with Gasteiger partial charge in [0.15, 0.2) is 0 Å². The van der Waals surface area contributed by atoms with Crippen LogP contribution in [0.4, 0.5) is 8.78 Å². The van der Waals surface area contributed by atoms with E-state index in [1.807, 2.05) is 0 Å². The minimum absolute atomic E-state index is 0.0301. The van der Waals surface area contributed by atoms with Crippen molar-refractivity contribution in [3.8, 4) is 0 Å². The number of halogens is 2. The summed E-state index contributed by atoms with van der Waals surface area (Å²) in [4.78, 5) is 12.4. The molecule has 0 radical (unpaired) electrons. The van der Waals surface area contributed by atoms with Crippen molar-refractivity contribution in [3.63, 3.8) is 0 Å². The Morgan fingerprint density at radius 1 is 1.44 bits per heavy atom. The van der Waals surface area contributed by atoms with E-state index in [0.29, 0.717) is 0 Å². The molecule has 6 heteroatoms. The van der Waals surface area contributed by atoms with Gasteiger partial charge in [-0.15, -0.1) is 0 Å². The van der Waals surface area contributed by atoms with Crippen molar-refractivity contribution in [1.29, 1.82) is 0 Å². The number of hydrogen-bond acceptors (Lipinski definition) is 3. The average molecular weight is 257 g/mol. The Kier molecular flexibility index (Phi) is 3.58. The largest absolute Gasteiger partial charge is 0.480 e. The fourth-order valence-corrected chi connectivity index (χ4v) is 2.19. The monoisotopic (exact) mass is 257 g/mol. The quantitative estimate of drug-likeness (QED) is 0.847. The lowest BCUT2D eigenvalue weighted by atomic mass is 10.1. The Balaban J connectivity index is 2.17. The van der Waals surface area contributed by atoms with Crippen LogP contribution in [-0.2, 0) is 11.3 Å². The summed E-state index contributed by atoms with van der Waals surface area (Å²) < 4.78 is 26.4. The molecule has 2 rings (SSSR count). The summed E-state index contributed by atoms with van der Waals surface area (Å²) in [6.07, 6.45) is -0.644. The summed E-state index contributed by atoms with van der Waals surface area (Å²) >= 11 is 0. The Labute approximate surface area is 102 Å². The van der Waals surface area contributed by atoms with E-state index in [4.69, 9.17) is 5.11 Å². The maximum Gasteiger partial charge on any atom is 0.321 e. The van der Waals surface area contributed by atoms with Crippen molar-refractivity contribution in [2.75, 3.05) is 6.54 Å². The number of carboxylic acids is 1. The van der Waals surface area contributed by atoms with Gasteiger partial charge in [0.1, 0.15) is 17.7 Å². The standard InChI is InChI=1S/C12H13F2NO3/c13-8-1-2-10(14)7(3-8)5-15-6-9(16)4-11(15)12(17)18/h1-3,9,11,16H,4-6H2,(H,17,18)/t9-,11+/m0/s1. The first-order chi connectivity index (χ1) is 8.47. The van der Waals surface area contributed by atoms with E-state index in [9.17, 15) is 18.7 Å². The Morgan fingerprint density at radius 2 is 2.17 bits per heavy atom. The van der Waals surface area contributed by atoms with Crippen molar-refractivity contribution in [2.45, 2.75) is 25.1 Å². The van der Waals surface area contributed by atoms with Gasteiger partial charge in [-0.1, -0.05) is 0 Å². The maximum absolute atomic E-state index is 13.4. The lowest BCUT2D eigenvalue weighted by Gasteiger charge is -2.20.